The molecule has 3 aromatic carbocycles. The normalized spacial score (nSPS) is 10.9. The van der Waals surface area contributed by atoms with E-state index in [0.717, 1.165) is 43.4 Å². The van der Waals surface area contributed by atoms with Gasteiger partial charge in [-0.1, -0.05) is 63.5 Å². The van der Waals surface area contributed by atoms with Crippen LogP contribution in [0.15, 0.2) is 71.2 Å². The van der Waals surface area contributed by atoms with Crippen molar-refractivity contribution < 1.29 is 4.79 Å². The van der Waals surface area contributed by atoms with Crippen molar-refractivity contribution in [2.45, 2.75) is 20.8 Å². The van der Waals surface area contributed by atoms with Crippen LogP contribution in [0.5, 0.6) is 0 Å². The van der Waals surface area contributed by atoms with E-state index in [1.165, 1.54) is 5.56 Å². The molecule has 0 saturated carbocycles. The first-order valence-corrected chi connectivity index (χ1v) is 10.3. The van der Waals surface area contributed by atoms with Crippen LogP contribution in [-0.4, -0.2) is 10.9 Å². The van der Waals surface area contributed by atoms with E-state index < -0.39 is 0 Å². The molecule has 144 valence electrons. The summed E-state index contributed by atoms with van der Waals surface area (Å²) in [7, 11) is 0. The van der Waals surface area contributed by atoms with Gasteiger partial charge in [-0.05, 0) is 56.7 Å². The summed E-state index contributed by atoms with van der Waals surface area (Å²) in [5.41, 5.74) is 7.35. The monoisotopic (exact) mass is 444 g/mol. The summed E-state index contributed by atoms with van der Waals surface area (Å²) in [6.07, 6.45) is 0. The van der Waals surface area contributed by atoms with Crippen LogP contribution in [0.2, 0.25) is 0 Å². The Morgan fingerprint density at radius 2 is 1.48 bits per heavy atom. The molecule has 1 N–H and O–H groups in total. The maximum absolute atomic E-state index is 13.2. The molecule has 0 aliphatic carbocycles. The predicted octanol–water partition coefficient (Wildman–Crippen LogP) is 6.84. The minimum Gasteiger partial charge on any atom is -0.322 e. The zero-order valence-corrected chi connectivity index (χ0v) is 18.2. The summed E-state index contributed by atoms with van der Waals surface area (Å²) in [5.74, 6) is -0.146. The third-order valence-electron chi connectivity index (χ3n) is 4.97. The standard InChI is InChI=1S/C25H21BrN2O/c1-15-4-8-18(9-5-15)23-14-22(21-13-19(26)12-17(3)24(21)28-23)25(29)27-20-10-6-16(2)7-11-20/h4-14H,1-3H3,(H,27,29). The second-order valence-electron chi connectivity index (χ2n) is 7.36. The van der Waals surface area contributed by atoms with Crippen LogP contribution in [0.1, 0.15) is 27.0 Å². The molecule has 0 atom stereocenters. The summed E-state index contributed by atoms with van der Waals surface area (Å²) in [6.45, 7) is 6.09. The molecule has 1 amide bonds. The van der Waals surface area contributed by atoms with Crippen LogP contribution in [0.3, 0.4) is 0 Å². The van der Waals surface area contributed by atoms with Gasteiger partial charge in [0.2, 0.25) is 0 Å². The Morgan fingerprint density at radius 1 is 0.862 bits per heavy atom. The summed E-state index contributed by atoms with van der Waals surface area (Å²) >= 11 is 3.55. The maximum Gasteiger partial charge on any atom is 0.256 e. The lowest BCUT2D eigenvalue weighted by Crippen LogP contribution is -2.13. The molecule has 0 radical (unpaired) electrons. The molecule has 0 unspecified atom stereocenters. The number of hydrogen-bond donors (Lipinski definition) is 1. The number of hydrogen-bond acceptors (Lipinski definition) is 2. The molecule has 0 bridgehead atoms. The minimum absolute atomic E-state index is 0.146. The van der Waals surface area contributed by atoms with Crippen LogP contribution >= 0.6 is 15.9 Å². The number of fused-ring (bicyclic) bond motifs is 1. The van der Waals surface area contributed by atoms with Crippen LogP contribution in [0, 0.1) is 20.8 Å². The van der Waals surface area contributed by atoms with Crippen molar-refractivity contribution in [3.8, 4) is 11.3 Å². The Labute approximate surface area is 178 Å². The molecule has 1 heterocycles. The van der Waals surface area contributed by atoms with Gasteiger partial charge in [0.05, 0.1) is 16.8 Å². The highest BCUT2D eigenvalue weighted by molar-refractivity contribution is 9.10. The number of amides is 1. The minimum atomic E-state index is -0.146. The predicted molar refractivity (Wildman–Crippen MR) is 123 cm³/mol. The van der Waals surface area contributed by atoms with Gasteiger partial charge < -0.3 is 5.32 Å². The molecule has 0 spiro atoms. The van der Waals surface area contributed by atoms with E-state index in [-0.39, 0.29) is 5.91 Å². The van der Waals surface area contributed by atoms with Gasteiger partial charge in [0.25, 0.3) is 5.91 Å². The molecule has 0 fully saturated rings. The lowest BCUT2D eigenvalue weighted by Gasteiger charge is -2.13. The van der Waals surface area contributed by atoms with Crippen molar-refractivity contribution in [3.63, 3.8) is 0 Å². The Kier molecular flexibility index (Phi) is 5.20. The molecule has 1 aromatic heterocycles. The Balaban J connectivity index is 1.86. The number of carbonyl (C=O) groups excluding carboxylic acids is 1. The van der Waals surface area contributed by atoms with Gasteiger partial charge in [0, 0.05) is 21.1 Å². The van der Waals surface area contributed by atoms with Crippen molar-refractivity contribution in [2.24, 2.45) is 0 Å². The Bertz CT molecular complexity index is 1210. The van der Waals surface area contributed by atoms with Gasteiger partial charge in [0.15, 0.2) is 0 Å². The maximum atomic E-state index is 13.2. The van der Waals surface area contributed by atoms with Crippen molar-refractivity contribution in [1.82, 2.24) is 4.98 Å². The smallest absolute Gasteiger partial charge is 0.256 e. The highest BCUT2D eigenvalue weighted by Crippen LogP contribution is 2.30. The van der Waals surface area contributed by atoms with Gasteiger partial charge in [0.1, 0.15) is 0 Å². The number of anilines is 1. The number of nitrogens with one attached hydrogen (secondary N) is 1. The molecular formula is C25H21BrN2O. The fourth-order valence-corrected chi connectivity index (χ4v) is 3.92. The molecule has 3 nitrogen and oxygen atoms in total. The van der Waals surface area contributed by atoms with Crippen LogP contribution in [0.25, 0.3) is 22.2 Å². The molecule has 0 aliphatic rings. The number of nitrogens with zero attached hydrogens (tertiary/aromatic N) is 1. The first-order valence-electron chi connectivity index (χ1n) is 9.47. The van der Waals surface area contributed by atoms with E-state index in [4.69, 9.17) is 4.98 Å². The highest BCUT2D eigenvalue weighted by Gasteiger charge is 2.16. The SMILES string of the molecule is Cc1ccc(NC(=O)c2cc(-c3ccc(C)cc3)nc3c(C)cc(Br)cc23)cc1. The number of pyridine rings is 1. The fraction of sp³-hybridized carbons (Fsp3) is 0.120. The third-order valence-corrected chi connectivity index (χ3v) is 5.43. The third kappa shape index (κ3) is 4.08. The van der Waals surface area contributed by atoms with E-state index in [1.807, 2.05) is 68.4 Å². The zero-order valence-electron chi connectivity index (χ0n) is 16.6. The molecular weight excluding hydrogens is 424 g/mol. The summed E-state index contributed by atoms with van der Waals surface area (Å²) < 4.78 is 0.928. The second-order valence-corrected chi connectivity index (χ2v) is 8.28. The molecule has 4 aromatic rings. The number of rotatable bonds is 3. The lowest BCUT2D eigenvalue weighted by atomic mass is 10.0. The largest absolute Gasteiger partial charge is 0.322 e. The lowest BCUT2D eigenvalue weighted by molar-refractivity contribution is 0.102. The Morgan fingerprint density at radius 3 is 2.14 bits per heavy atom. The van der Waals surface area contributed by atoms with Crippen molar-refractivity contribution in [3.05, 3.63) is 93.5 Å². The second kappa shape index (κ2) is 7.80. The van der Waals surface area contributed by atoms with Crippen LogP contribution in [-0.2, 0) is 0 Å². The van der Waals surface area contributed by atoms with Gasteiger partial charge >= 0.3 is 0 Å². The van der Waals surface area contributed by atoms with Gasteiger partial charge in [-0.2, -0.15) is 0 Å². The average molecular weight is 445 g/mol. The number of aromatic nitrogens is 1. The number of halogens is 1. The number of benzene rings is 3. The number of carbonyl (C=O) groups is 1. The average Bonchev–Trinajstić information content (AvgIpc) is 2.69. The summed E-state index contributed by atoms with van der Waals surface area (Å²) in [4.78, 5) is 18.1. The van der Waals surface area contributed by atoms with E-state index in [2.05, 4.69) is 40.3 Å². The highest BCUT2D eigenvalue weighted by atomic mass is 79.9. The van der Waals surface area contributed by atoms with Crippen molar-refractivity contribution in [1.29, 1.82) is 0 Å². The fourth-order valence-electron chi connectivity index (χ4n) is 3.35. The first-order chi connectivity index (χ1) is 13.9. The number of aryl methyl sites for hydroxylation is 3. The topological polar surface area (TPSA) is 42.0 Å². The van der Waals surface area contributed by atoms with Crippen LogP contribution < -0.4 is 5.32 Å². The van der Waals surface area contributed by atoms with E-state index in [1.54, 1.807) is 0 Å². The van der Waals surface area contributed by atoms with Gasteiger partial charge in [-0.25, -0.2) is 4.98 Å². The molecule has 0 aliphatic heterocycles. The van der Waals surface area contributed by atoms with E-state index in [9.17, 15) is 4.79 Å². The molecule has 0 saturated heterocycles. The summed E-state index contributed by atoms with van der Waals surface area (Å²) in [5, 5.41) is 3.85. The van der Waals surface area contributed by atoms with E-state index in [0.29, 0.717) is 5.56 Å². The zero-order chi connectivity index (χ0) is 20.5. The van der Waals surface area contributed by atoms with Crippen LogP contribution in [0.4, 0.5) is 5.69 Å². The van der Waals surface area contributed by atoms with Crippen molar-refractivity contribution >= 4 is 38.4 Å². The van der Waals surface area contributed by atoms with E-state index >= 15 is 0 Å². The first kappa shape index (κ1) is 19.3. The molecule has 4 heteroatoms. The van der Waals surface area contributed by atoms with Gasteiger partial charge in [-0.15, -0.1) is 0 Å². The molecule has 4 rings (SSSR count). The molecule has 29 heavy (non-hydrogen) atoms. The Hall–Kier alpha value is -2.98. The quantitative estimate of drug-likeness (QED) is 0.375. The summed E-state index contributed by atoms with van der Waals surface area (Å²) in [6, 6.07) is 21.9. The van der Waals surface area contributed by atoms with Crippen molar-refractivity contribution in [2.75, 3.05) is 5.32 Å². The van der Waals surface area contributed by atoms with Gasteiger partial charge in [-0.3, -0.25) is 4.79 Å².